The number of anilines is 1. The topological polar surface area (TPSA) is 76.4 Å². The lowest BCUT2D eigenvalue weighted by Gasteiger charge is -2.30. The summed E-state index contributed by atoms with van der Waals surface area (Å²) >= 11 is 0. The molecule has 2 fully saturated rings. The Hall–Kier alpha value is -2.39. The van der Waals surface area contributed by atoms with E-state index in [1.165, 1.54) is 0 Å². The molecule has 0 spiro atoms. The largest absolute Gasteiger partial charge is 0.354 e. The number of hydrogen-bond donors (Lipinski definition) is 1. The number of carbonyl (C=O) groups is 2. The van der Waals surface area contributed by atoms with E-state index in [4.69, 9.17) is 5.26 Å². The number of nitrogens with one attached hydrogen (secondary N) is 1. The van der Waals surface area contributed by atoms with Gasteiger partial charge in [-0.25, -0.2) is 0 Å². The molecule has 1 aromatic rings. The zero-order valence-corrected chi connectivity index (χ0v) is 11.6. The van der Waals surface area contributed by atoms with Gasteiger partial charge in [-0.15, -0.1) is 0 Å². The van der Waals surface area contributed by atoms with Crippen LogP contribution in [0.2, 0.25) is 0 Å². The SMILES string of the molecule is N#Cc1ccc(N2CC[C@@H](N3CCNC(=O)C3)C2=O)cc1. The van der Waals surface area contributed by atoms with Gasteiger partial charge in [-0.05, 0) is 30.7 Å². The Bertz CT molecular complexity index is 605. The molecule has 3 rings (SSSR count). The first-order valence-electron chi connectivity index (χ1n) is 7.01. The second kappa shape index (κ2) is 5.54. The Labute approximate surface area is 122 Å². The van der Waals surface area contributed by atoms with E-state index >= 15 is 0 Å². The Balaban J connectivity index is 1.73. The molecule has 0 unspecified atom stereocenters. The Morgan fingerprint density at radius 1 is 1.19 bits per heavy atom. The van der Waals surface area contributed by atoms with Crippen LogP contribution in [0.3, 0.4) is 0 Å². The molecular weight excluding hydrogens is 268 g/mol. The average Bonchev–Trinajstić information content (AvgIpc) is 2.89. The van der Waals surface area contributed by atoms with Crippen LogP contribution in [0.5, 0.6) is 0 Å². The summed E-state index contributed by atoms with van der Waals surface area (Å²) in [5, 5.41) is 11.6. The van der Waals surface area contributed by atoms with Crippen LogP contribution in [0.25, 0.3) is 0 Å². The molecule has 0 bridgehead atoms. The van der Waals surface area contributed by atoms with Crippen LogP contribution in [0, 0.1) is 11.3 Å². The molecule has 6 heteroatoms. The fraction of sp³-hybridized carbons (Fsp3) is 0.400. The summed E-state index contributed by atoms with van der Waals surface area (Å²) in [6.45, 7) is 2.24. The highest BCUT2D eigenvalue weighted by molar-refractivity contribution is 5.99. The third-order valence-electron chi connectivity index (χ3n) is 3.99. The van der Waals surface area contributed by atoms with Gasteiger partial charge in [0.25, 0.3) is 0 Å². The first kappa shape index (κ1) is 13.6. The van der Waals surface area contributed by atoms with Crippen molar-refractivity contribution in [2.75, 3.05) is 31.1 Å². The van der Waals surface area contributed by atoms with Crippen LogP contribution in [0.1, 0.15) is 12.0 Å². The van der Waals surface area contributed by atoms with Crippen molar-refractivity contribution >= 4 is 17.5 Å². The molecule has 0 aromatic heterocycles. The molecule has 1 N–H and O–H groups in total. The summed E-state index contributed by atoms with van der Waals surface area (Å²) in [5.74, 6) is 0.0141. The number of nitrogens with zero attached hydrogens (tertiary/aromatic N) is 3. The van der Waals surface area contributed by atoms with Crippen molar-refractivity contribution in [3.8, 4) is 6.07 Å². The lowest BCUT2D eigenvalue weighted by molar-refractivity contribution is -0.128. The fourth-order valence-corrected chi connectivity index (χ4v) is 2.90. The Morgan fingerprint density at radius 2 is 1.95 bits per heavy atom. The van der Waals surface area contributed by atoms with Crippen molar-refractivity contribution in [2.24, 2.45) is 0 Å². The van der Waals surface area contributed by atoms with Gasteiger partial charge in [0.2, 0.25) is 11.8 Å². The van der Waals surface area contributed by atoms with Crippen molar-refractivity contribution in [3.63, 3.8) is 0 Å². The number of rotatable bonds is 2. The number of amides is 2. The minimum Gasteiger partial charge on any atom is -0.354 e. The van der Waals surface area contributed by atoms with Crippen molar-refractivity contribution in [1.82, 2.24) is 10.2 Å². The summed E-state index contributed by atoms with van der Waals surface area (Å²) in [6, 6.07) is 8.86. The van der Waals surface area contributed by atoms with E-state index in [0.717, 1.165) is 12.1 Å². The number of carbonyl (C=O) groups excluding carboxylic acids is 2. The number of nitriles is 1. The van der Waals surface area contributed by atoms with Gasteiger partial charge in [-0.2, -0.15) is 5.26 Å². The summed E-state index contributed by atoms with van der Waals surface area (Å²) in [6.07, 6.45) is 0.728. The van der Waals surface area contributed by atoms with Gasteiger partial charge in [0.05, 0.1) is 24.2 Å². The number of benzene rings is 1. The summed E-state index contributed by atoms with van der Waals surface area (Å²) in [4.78, 5) is 27.7. The van der Waals surface area contributed by atoms with E-state index in [0.29, 0.717) is 25.2 Å². The predicted molar refractivity (Wildman–Crippen MR) is 76.5 cm³/mol. The predicted octanol–water partition coefficient (Wildman–Crippen LogP) is 0.0954. The van der Waals surface area contributed by atoms with Gasteiger partial charge in [-0.1, -0.05) is 0 Å². The van der Waals surface area contributed by atoms with Crippen LogP contribution >= 0.6 is 0 Å². The maximum absolute atomic E-state index is 12.6. The van der Waals surface area contributed by atoms with Gasteiger partial charge in [0, 0.05) is 25.3 Å². The smallest absolute Gasteiger partial charge is 0.244 e. The number of hydrogen-bond acceptors (Lipinski definition) is 4. The molecule has 108 valence electrons. The normalized spacial score (nSPS) is 23.0. The van der Waals surface area contributed by atoms with Gasteiger partial charge >= 0.3 is 0 Å². The maximum Gasteiger partial charge on any atom is 0.244 e. The third kappa shape index (κ3) is 2.60. The van der Waals surface area contributed by atoms with Gasteiger partial charge in [0.15, 0.2) is 0 Å². The lowest BCUT2D eigenvalue weighted by atomic mass is 10.2. The van der Waals surface area contributed by atoms with Gasteiger partial charge in [-0.3, -0.25) is 14.5 Å². The zero-order valence-electron chi connectivity index (χ0n) is 11.6. The van der Waals surface area contributed by atoms with Crippen molar-refractivity contribution in [1.29, 1.82) is 5.26 Å². The third-order valence-corrected chi connectivity index (χ3v) is 3.99. The van der Waals surface area contributed by atoms with Crippen LogP contribution in [-0.2, 0) is 9.59 Å². The molecule has 2 aliphatic heterocycles. The van der Waals surface area contributed by atoms with E-state index in [1.807, 2.05) is 4.90 Å². The maximum atomic E-state index is 12.6. The fourth-order valence-electron chi connectivity index (χ4n) is 2.90. The average molecular weight is 284 g/mol. The molecule has 2 saturated heterocycles. The molecule has 1 atom stereocenters. The van der Waals surface area contributed by atoms with E-state index in [1.54, 1.807) is 29.2 Å². The first-order valence-corrected chi connectivity index (χ1v) is 7.01. The van der Waals surface area contributed by atoms with Crippen molar-refractivity contribution in [3.05, 3.63) is 29.8 Å². The number of piperazine rings is 1. The monoisotopic (exact) mass is 284 g/mol. The minimum atomic E-state index is -0.216. The Morgan fingerprint density at radius 3 is 2.62 bits per heavy atom. The molecule has 6 nitrogen and oxygen atoms in total. The minimum absolute atomic E-state index is 0.0223. The standard InChI is InChI=1S/C15H16N4O2/c16-9-11-1-3-12(4-2-11)19-7-5-13(15(19)21)18-8-6-17-14(20)10-18/h1-4,13H,5-8,10H2,(H,17,20)/t13-/m1/s1. The highest BCUT2D eigenvalue weighted by atomic mass is 16.2. The van der Waals surface area contributed by atoms with Gasteiger partial charge in [0.1, 0.15) is 0 Å². The van der Waals surface area contributed by atoms with E-state index in [-0.39, 0.29) is 24.4 Å². The van der Waals surface area contributed by atoms with E-state index in [2.05, 4.69) is 11.4 Å². The molecule has 0 aliphatic carbocycles. The summed E-state index contributed by atoms with van der Waals surface area (Å²) in [7, 11) is 0. The van der Waals surface area contributed by atoms with E-state index in [9.17, 15) is 9.59 Å². The molecule has 2 amide bonds. The molecule has 21 heavy (non-hydrogen) atoms. The Kier molecular flexibility index (Phi) is 3.59. The molecule has 0 radical (unpaired) electrons. The van der Waals surface area contributed by atoms with Crippen LogP contribution in [0.4, 0.5) is 5.69 Å². The van der Waals surface area contributed by atoms with Crippen molar-refractivity contribution < 1.29 is 9.59 Å². The van der Waals surface area contributed by atoms with E-state index < -0.39 is 0 Å². The highest BCUT2D eigenvalue weighted by Crippen LogP contribution is 2.25. The molecule has 2 aliphatic rings. The second-order valence-electron chi connectivity index (χ2n) is 5.27. The molecule has 2 heterocycles. The van der Waals surface area contributed by atoms with Crippen LogP contribution in [-0.4, -0.2) is 48.9 Å². The zero-order chi connectivity index (χ0) is 14.8. The van der Waals surface area contributed by atoms with Gasteiger partial charge < -0.3 is 10.2 Å². The highest BCUT2D eigenvalue weighted by Gasteiger charge is 2.38. The second-order valence-corrected chi connectivity index (χ2v) is 5.27. The first-order chi connectivity index (χ1) is 10.2. The van der Waals surface area contributed by atoms with Crippen LogP contribution < -0.4 is 10.2 Å². The quantitative estimate of drug-likeness (QED) is 0.835. The molecular formula is C15H16N4O2. The summed E-state index contributed by atoms with van der Waals surface area (Å²) in [5.41, 5.74) is 1.39. The van der Waals surface area contributed by atoms with Crippen LogP contribution in [0.15, 0.2) is 24.3 Å². The lowest BCUT2D eigenvalue weighted by Crippen LogP contribution is -2.53. The van der Waals surface area contributed by atoms with Crippen molar-refractivity contribution in [2.45, 2.75) is 12.5 Å². The molecule has 0 saturated carbocycles. The summed E-state index contributed by atoms with van der Waals surface area (Å²) < 4.78 is 0. The molecule has 1 aromatic carbocycles.